The number of hydrogen-bond donors (Lipinski definition) is 2. The predicted molar refractivity (Wildman–Crippen MR) is 124 cm³/mol. The van der Waals surface area contributed by atoms with Crippen molar-refractivity contribution in [2.24, 2.45) is 5.92 Å². The molecule has 1 saturated heterocycles. The van der Waals surface area contributed by atoms with Gasteiger partial charge in [-0.2, -0.15) is 4.37 Å². The SMILES string of the molecule is COc1cccc(Cc2nsc(N3CCC(CNC(=O)Nc4ccc(F)cc4F)CC3)n2)c1. The van der Waals surface area contributed by atoms with Gasteiger partial charge < -0.3 is 20.3 Å². The quantitative estimate of drug-likeness (QED) is 0.530. The Hall–Kier alpha value is -3.27. The first-order valence-corrected chi connectivity index (χ1v) is 11.5. The molecule has 10 heteroatoms. The molecule has 0 unspecified atom stereocenters. The second-order valence-corrected chi connectivity index (χ2v) is 8.64. The van der Waals surface area contributed by atoms with Crippen LogP contribution in [0.4, 0.5) is 24.4 Å². The highest BCUT2D eigenvalue weighted by molar-refractivity contribution is 7.09. The molecule has 2 heterocycles. The third-order valence-corrected chi connectivity index (χ3v) is 6.38. The van der Waals surface area contributed by atoms with Crippen LogP contribution in [-0.4, -0.2) is 42.1 Å². The zero-order valence-corrected chi connectivity index (χ0v) is 19.0. The standard InChI is InChI=1S/C23H25F2N5O2S/c1-32-18-4-2-3-16(11-18)12-21-28-23(33-29-21)30-9-7-15(8-10-30)14-26-22(31)27-20-6-5-17(24)13-19(20)25/h2-6,11,13,15H,7-10,12,14H2,1H3,(H2,26,27,31). The first-order chi connectivity index (χ1) is 16.0. The molecule has 0 saturated carbocycles. The van der Waals surface area contributed by atoms with Crippen molar-refractivity contribution in [3.63, 3.8) is 0 Å². The van der Waals surface area contributed by atoms with E-state index in [1.165, 1.54) is 17.6 Å². The molecule has 7 nitrogen and oxygen atoms in total. The van der Waals surface area contributed by atoms with Gasteiger partial charge in [0, 0.05) is 43.7 Å². The number of carbonyl (C=O) groups is 1. The number of anilines is 2. The molecule has 0 radical (unpaired) electrons. The second kappa shape index (κ2) is 10.6. The number of piperidine rings is 1. The summed E-state index contributed by atoms with van der Waals surface area (Å²) >= 11 is 1.40. The van der Waals surface area contributed by atoms with Crippen LogP contribution in [0.25, 0.3) is 0 Å². The van der Waals surface area contributed by atoms with Gasteiger partial charge >= 0.3 is 6.03 Å². The molecule has 2 aromatic carbocycles. The van der Waals surface area contributed by atoms with Gasteiger partial charge in [0.2, 0.25) is 5.13 Å². The molecule has 1 aromatic heterocycles. The van der Waals surface area contributed by atoms with Crippen LogP contribution in [0.1, 0.15) is 24.2 Å². The van der Waals surface area contributed by atoms with Crippen LogP contribution in [0.15, 0.2) is 42.5 Å². The smallest absolute Gasteiger partial charge is 0.319 e. The molecule has 2 N–H and O–H groups in total. The van der Waals surface area contributed by atoms with Gasteiger partial charge in [0.05, 0.1) is 12.8 Å². The Bertz CT molecular complexity index is 1100. The molecule has 2 amide bonds. The minimum Gasteiger partial charge on any atom is -0.497 e. The van der Waals surface area contributed by atoms with Gasteiger partial charge in [-0.1, -0.05) is 12.1 Å². The van der Waals surface area contributed by atoms with Crippen molar-refractivity contribution in [1.29, 1.82) is 0 Å². The van der Waals surface area contributed by atoms with E-state index in [9.17, 15) is 13.6 Å². The van der Waals surface area contributed by atoms with Gasteiger partial charge in [0.25, 0.3) is 0 Å². The molecule has 0 bridgehead atoms. The Morgan fingerprint density at radius 3 is 2.79 bits per heavy atom. The van der Waals surface area contributed by atoms with E-state index in [1.807, 2.05) is 24.3 Å². The average molecular weight is 474 g/mol. The van der Waals surface area contributed by atoms with Gasteiger partial charge in [-0.3, -0.25) is 0 Å². The number of amides is 2. The van der Waals surface area contributed by atoms with E-state index >= 15 is 0 Å². The normalized spacial score (nSPS) is 14.2. The predicted octanol–water partition coefficient (Wildman–Crippen LogP) is 4.45. The summed E-state index contributed by atoms with van der Waals surface area (Å²) in [7, 11) is 1.65. The molecule has 1 aliphatic rings. The average Bonchev–Trinajstić information content (AvgIpc) is 3.28. The number of carbonyl (C=O) groups excluding carboxylic acids is 1. The highest BCUT2D eigenvalue weighted by Crippen LogP contribution is 2.25. The van der Waals surface area contributed by atoms with E-state index in [0.29, 0.717) is 18.9 Å². The van der Waals surface area contributed by atoms with E-state index in [4.69, 9.17) is 9.72 Å². The summed E-state index contributed by atoms with van der Waals surface area (Å²) < 4.78 is 36.4. The molecule has 33 heavy (non-hydrogen) atoms. The van der Waals surface area contributed by atoms with Crippen LogP contribution in [-0.2, 0) is 6.42 Å². The van der Waals surface area contributed by atoms with E-state index in [1.54, 1.807) is 7.11 Å². The largest absolute Gasteiger partial charge is 0.497 e. The van der Waals surface area contributed by atoms with Crippen molar-refractivity contribution >= 4 is 28.4 Å². The third kappa shape index (κ3) is 6.16. The summed E-state index contributed by atoms with van der Waals surface area (Å²) in [6.07, 6.45) is 2.45. The van der Waals surface area contributed by atoms with E-state index in [0.717, 1.165) is 60.3 Å². The lowest BCUT2D eigenvalue weighted by molar-refractivity contribution is 0.248. The minimum absolute atomic E-state index is 0.0512. The number of nitrogens with one attached hydrogen (secondary N) is 2. The van der Waals surface area contributed by atoms with Crippen molar-refractivity contribution in [3.8, 4) is 5.75 Å². The lowest BCUT2D eigenvalue weighted by atomic mass is 9.97. The summed E-state index contributed by atoms with van der Waals surface area (Å²) in [5.41, 5.74) is 1.05. The molecular weight excluding hydrogens is 448 g/mol. The number of urea groups is 1. The van der Waals surface area contributed by atoms with Crippen LogP contribution < -0.4 is 20.3 Å². The van der Waals surface area contributed by atoms with Crippen LogP contribution >= 0.6 is 11.5 Å². The highest BCUT2D eigenvalue weighted by atomic mass is 32.1. The van der Waals surface area contributed by atoms with Crippen LogP contribution in [0.5, 0.6) is 5.75 Å². The van der Waals surface area contributed by atoms with Gasteiger partial charge in [-0.05, 0) is 48.6 Å². The Labute approximate surface area is 195 Å². The van der Waals surface area contributed by atoms with E-state index < -0.39 is 17.7 Å². The number of aromatic nitrogens is 2. The van der Waals surface area contributed by atoms with E-state index in [2.05, 4.69) is 19.9 Å². The van der Waals surface area contributed by atoms with Gasteiger partial charge in [0.15, 0.2) is 0 Å². The summed E-state index contributed by atoms with van der Waals surface area (Å²) in [6, 6.07) is 10.4. The second-order valence-electron chi connectivity index (χ2n) is 7.91. The van der Waals surface area contributed by atoms with E-state index in [-0.39, 0.29) is 5.69 Å². The fourth-order valence-corrected chi connectivity index (χ4v) is 4.47. The van der Waals surface area contributed by atoms with Crippen LogP contribution in [0.2, 0.25) is 0 Å². The van der Waals surface area contributed by atoms with Gasteiger partial charge in [-0.15, -0.1) is 0 Å². The van der Waals surface area contributed by atoms with Gasteiger partial charge in [-0.25, -0.2) is 18.6 Å². The monoisotopic (exact) mass is 473 g/mol. The number of ether oxygens (including phenoxy) is 1. The summed E-state index contributed by atoms with van der Waals surface area (Å²) in [5, 5.41) is 6.09. The molecular formula is C23H25F2N5O2S. The van der Waals surface area contributed by atoms with Crippen LogP contribution in [0, 0.1) is 17.6 Å². The molecule has 0 spiro atoms. The number of rotatable bonds is 7. The molecule has 174 valence electrons. The fourth-order valence-electron chi connectivity index (χ4n) is 3.73. The topological polar surface area (TPSA) is 79.4 Å². The lowest BCUT2D eigenvalue weighted by Gasteiger charge is -2.31. The molecule has 0 atom stereocenters. The zero-order valence-electron chi connectivity index (χ0n) is 18.2. The molecule has 0 aliphatic carbocycles. The number of methoxy groups -OCH3 is 1. The first-order valence-electron chi connectivity index (χ1n) is 10.7. The van der Waals surface area contributed by atoms with Crippen molar-refractivity contribution < 1.29 is 18.3 Å². The summed E-state index contributed by atoms with van der Waals surface area (Å²) in [6.45, 7) is 2.14. The number of halogens is 2. The summed E-state index contributed by atoms with van der Waals surface area (Å²) in [4.78, 5) is 19.0. The maximum atomic E-state index is 13.7. The van der Waals surface area contributed by atoms with Gasteiger partial charge in [0.1, 0.15) is 23.2 Å². The Morgan fingerprint density at radius 2 is 2.03 bits per heavy atom. The number of hydrogen-bond acceptors (Lipinski definition) is 6. The van der Waals surface area contributed by atoms with Crippen molar-refractivity contribution in [2.45, 2.75) is 19.3 Å². The fraction of sp³-hybridized carbons (Fsp3) is 0.348. The van der Waals surface area contributed by atoms with Crippen molar-refractivity contribution in [2.75, 3.05) is 37.0 Å². The molecule has 1 fully saturated rings. The van der Waals surface area contributed by atoms with Crippen LogP contribution in [0.3, 0.4) is 0 Å². The Kier molecular flexibility index (Phi) is 7.33. The highest BCUT2D eigenvalue weighted by Gasteiger charge is 2.22. The molecule has 4 rings (SSSR count). The number of benzene rings is 2. The lowest BCUT2D eigenvalue weighted by Crippen LogP contribution is -2.39. The third-order valence-electron chi connectivity index (χ3n) is 5.57. The van der Waals surface area contributed by atoms with Crippen molar-refractivity contribution in [1.82, 2.24) is 14.7 Å². The Morgan fingerprint density at radius 1 is 1.21 bits per heavy atom. The number of nitrogens with zero attached hydrogens (tertiary/aromatic N) is 3. The zero-order chi connectivity index (χ0) is 23.2. The summed E-state index contributed by atoms with van der Waals surface area (Å²) in [5.74, 6) is 0.426. The van der Waals surface area contributed by atoms with Crippen molar-refractivity contribution in [3.05, 3.63) is 65.5 Å². The maximum Gasteiger partial charge on any atom is 0.319 e. The Balaban J connectivity index is 1.22. The maximum absolute atomic E-state index is 13.7. The molecule has 1 aliphatic heterocycles. The first kappa shape index (κ1) is 22.9. The molecule has 3 aromatic rings. The minimum atomic E-state index is -0.804.